The van der Waals surface area contributed by atoms with E-state index >= 15 is 0 Å². The lowest BCUT2D eigenvalue weighted by molar-refractivity contribution is -0.140. The van der Waals surface area contributed by atoms with Crippen LogP contribution in [0.2, 0.25) is 10.0 Å². The van der Waals surface area contributed by atoms with Crippen LogP contribution in [0, 0.1) is 0 Å². The highest BCUT2D eigenvalue weighted by molar-refractivity contribution is 6.43. The lowest BCUT2D eigenvalue weighted by Gasteiger charge is -2.37. The van der Waals surface area contributed by atoms with Crippen LogP contribution in [0.5, 0.6) is 0 Å². The van der Waals surface area contributed by atoms with Gasteiger partial charge < -0.3 is 15.6 Å². The fourth-order valence-corrected chi connectivity index (χ4v) is 5.04. The number of piperazine rings is 1. The molecule has 10 heteroatoms. The van der Waals surface area contributed by atoms with Gasteiger partial charge in [0.1, 0.15) is 5.82 Å². The number of H-pyrrole nitrogens is 1. The summed E-state index contributed by atoms with van der Waals surface area (Å²) >= 11 is 12.5. The molecule has 0 spiro atoms. The van der Waals surface area contributed by atoms with Crippen LogP contribution in [-0.4, -0.2) is 39.8 Å². The molecule has 2 aromatic carbocycles. The van der Waals surface area contributed by atoms with Gasteiger partial charge in [-0.15, -0.1) is 0 Å². The molecule has 2 heterocycles. The number of aromatic nitrogens is 2. The topological polar surface area (TPSA) is 107 Å². The Bertz CT molecular complexity index is 1290. The summed E-state index contributed by atoms with van der Waals surface area (Å²) in [4.78, 5) is 46.7. The first-order valence-corrected chi connectivity index (χ1v) is 11.5. The molecule has 5 rings (SSSR count). The Morgan fingerprint density at radius 3 is 2.79 bits per heavy atom. The molecule has 0 radical (unpaired) electrons. The monoisotopic (exact) mass is 485 g/mol. The van der Waals surface area contributed by atoms with Crippen LogP contribution >= 0.6 is 23.2 Å². The molecule has 2 aliphatic rings. The van der Waals surface area contributed by atoms with Crippen molar-refractivity contribution in [2.24, 2.45) is 0 Å². The van der Waals surface area contributed by atoms with Gasteiger partial charge in [-0.25, -0.2) is 4.98 Å². The summed E-state index contributed by atoms with van der Waals surface area (Å²) in [6, 6.07) is 9.48. The molecule has 3 aromatic rings. The molecule has 2 unspecified atom stereocenters. The summed E-state index contributed by atoms with van der Waals surface area (Å²) in [7, 11) is 0. The van der Waals surface area contributed by atoms with Crippen LogP contribution in [-0.2, 0) is 9.59 Å². The Morgan fingerprint density at radius 2 is 2.00 bits per heavy atom. The number of carbonyl (C=O) groups excluding carboxylic acids is 3. The SMILES string of the molecule is C[C@H](NC(=O)c1ccc(N2C(=O)C(=O)NC3CCCC32)c(Cl)c1)c1nc2ccc(Cl)cc2[nH]1. The number of amides is 3. The van der Waals surface area contributed by atoms with Crippen molar-refractivity contribution in [3.8, 4) is 0 Å². The number of rotatable bonds is 4. The minimum absolute atomic E-state index is 0.0752. The molecule has 8 nitrogen and oxygen atoms in total. The fraction of sp³-hybridized carbons (Fsp3) is 0.304. The summed E-state index contributed by atoms with van der Waals surface area (Å²) in [5, 5.41) is 6.50. The number of halogens is 2. The number of hydrogen-bond donors (Lipinski definition) is 3. The first-order valence-electron chi connectivity index (χ1n) is 10.7. The van der Waals surface area contributed by atoms with Crippen LogP contribution in [0.1, 0.15) is 48.4 Å². The second-order valence-electron chi connectivity index (χ2n) is 8.40. The van der Waals surface area contributed by atoms with E-state index in [0.717, 1.165) is 30.3 Å². The van der Waals surface area contributed by atoms with Gasteiger partial charge in [0.05, 0.1) is 39.9 Å². The molecule has 0 bridgehead atoms. The van der Waals surface area contributed by atoms with Gasteiger partial charge in [0.25, 0.3) is 5.91 Å². The molecule has 1 aliphatic carbocycles. The average molecular weight is 486 g/mol. The third-order valence-electron chi connectivity index (χ3n) is 6.23. The van der Waals surface area contributed by atoms with E-state index in [4.69, 9.17) is 23.2 Å². The first-order chi connectivity index (χ1) is 15.8. The number of hydrogen-bond acceptors (Lipinski definition) is 4. The molecule has 33 heavy (non-hydrogen) atoms. The number of anilines is 1. The zero-order valence-electron chi connectivity index (χ0n) is 17.7. The van der Waals surface area contributed by atoms with E-state index in [2.05, 4.69) is 20.6 Å². The van der Waals surface area contributed by atoms with E-state index in [0.29, 0.717) is 22.1 Å². The Kier molecular flexibility index (Phi) is 5.50. The highest BCUT2D eigenvalue weighted by atomic mass is 35.5. The zero-order chi connectivity index (χ0) is 23.3. The van der Waals surface area contributed by atoms with Gasteiger partial charge in [-0.1, -0.05) is 23.2 Å². The summed E-state index contributed by atoms with van der Waals surface area (Å²) in [6.45, 7) is 1.82. The van der Waals surface area contributed by atoms with Crippen molar-refractivity contribution in [2.75, 3.05) is 4.90 Å². The van der Waals surface area contributed by atoms with Crippen LogP contribution in [0.4, 0.5) is 5.69 Å². The van der Waals surface area contributed by atoms with Gasteiger partial charge in [0, 0.05) is 10.6 Å². The van der Waals surface area contributed by atoms with E-state index in [9.17, 15) is 14.4 Å². The Morgan fingerprint density at radius 1 is 1.18 bits per heavy atom. The number of nitrogens with zero attached hydrogens (tertiary/aromatic N) is 2. The lowest BCUT2D eigenvalue weighted by Crippen LogP contribution is -2.61. The third kappa shape index (κ3) is 3.94. The van der Waals surface area contributed by atoms with Gasteiger partial charge in [0.2, 0.25) is 0 Å². The smallest absolute Gasteiger partial charge is 0.316 e. The number of imidazole rings is 1. The average Bonchev–Trinajstić information content (AvgIpc) is 3.41. The zero-order valence-corrected chi connectivity index (χ0v) is 19.2. The molecule has 170 valence electrons. The van der Waals surface area contributed by atoms with Crippen LogP contribution in [0.25, 0.3) is 11.0 Å². The summed E-state index contributed by atoms with van der Waals surface area (Å²) in [5.74, 6) is -0.996. The minimum atomic E-state index is -0.629. The van der Waals surface area contributed by atoms with Crippen molar-refractivity contribution >= 4 is 57.6 Å². The second kappa shape index (κ2) is 8.35. The molecule has 1 aliphatic heterocycles. The predicted molar refractivity (Wildman–Crippen MR) is 125 cm³/mol. The summed E-state index contributed by atoms with van der Waals surface area (Å²) < 4.78 is 0. The Labute approximate surface area is 199 Å². The number of fused-ring (bicyclic) bond motifs is 2. The molecular weight excluding hydrogens is 465 g/mol. The highest BCUT2D eigenvalue weighted by Crippen LogP contribution is 2.36. The third-order valence-corrected chi connectivity index (χ3v) is 6.77. The summed E-state index contributed by atoms with van der Waals surface area (Å²) in [5.41, 5.74) is 2.31. The van der Waals surface area contributed by atoms with Gasteiger partial charge >= 0.3 is 11.8 Å². The second-order valence-corrected chi connectivity index (χ2v) is 9.24. The van der Waals surface area contributed by atoms with Crippen LogP contribution in [0.3, 0.4) is 0 Å². The molecule has 1 saturated heterocycles. The van der Waals surface area contributed by atoms with Crippen LogP contribution < -0.4 is 15.5 Å². The maximum Gasteiger partial charge on any atom is 0.316 e. The number of benzene rings is 2. The minimum Gasteiger partial charge on any atom is -0.343 e. The van der Waals surface area contributed by atoms with Crippen molar-refractivity contribution in [3.63, 3.8) is 0 Å². The Hall–Kier alpha value is -3.10. The van der Waals surface area contributed by atoms with E-state index in [1.165, 1.54) is 11.0 Å². The number of nitrogens with one attached hydrogen (secondary N) is 3. The largest absolute Gasteiger partial charge is 0.343 e. The quantitative estimate of drug-likeness (QED) is 0.489. The molecule has 3 amide bonds. The van der Waals surface area contributed by atoms with Gasteiger partial charge in [-0.2, -0.15) is 0 Å². The molecular formula is C23H21Cl2N5O3. The van der Waals surface area contributed by atoms with E-state index in [-0.39, 0.29) is 23.0 Å². The van der Waals surface area contributed by atoms with Gasteiger partial charge in [-0.05, 0) is 62.6 Å². The fourth-order valence-electron chi connectivity index (χ4n) is 4.59. The van der Waals surface area contributed by atoms with E-state index in [1.807, 2.05) is 13.0 Å². The lowest BCUT2D eigenvalue weighted by atomic mass is 10.0. The maximum absolute atomic E-state index is 12.9. The Balaban J connectivity index is 1.35. The molecule has 1 aromatic heterocycles. The van der Waals surface area contributed by atoms with Gasteiger partial charge in [0.15, 0.2) is 0 Å². The van der Waals surface area contributed by atoms with Crippen molar-refractivity contribution in [1.29, 1.82) is 0 Å². The van der Waals surface area contributed by atoms with Crippen molar-refractivity contribution < 1.29 is 14.4 Å². The number of carbonyl (C=O) groups is 3. The van der Waals surface area contributed by atoms with E-state index in [1.54, 1.807) is 24.3 Å². The van der Waals surface area contributed by atoms with E-state index < -0.39 is 17.9 Å². The molecule has 2 fully saturated rings. The van der Waals surface area contributed by atoms with Gasteiger partial charge in [-0.3, -0.25) is 19.3 Å². The summed E-state index contributed by atoms with van der Waals surface area (Å²) in [6.07, 6.45) is 2.53. The molecule has 3 N–H and O–H groups in total. The van der Waals surface area contributed by atoms with Crippen molar-refractivity contribution in [3.05, 3.63) is 57.8 Å². The number of aromatic amines is 1. The highest BCUT2D eigenvalue weighted by Gasteiger charge is 2.44. The molecule has 1 saturated carbocycles. The predicted octanol–water partition coefficient (Wildman–Crippen LogP) is 3.74. The van der Waals surface area contributed by atoms with Crippen molar-refractivity contribution in [1.82, 2.24) is 20.6 Å². The standard InChI is InChI=1S/C23H21Cl2N5O3/c1-11(20-27-15-7-6-13(24)10-17(15)28-20)26-21(31)12-5-8-18(14(25)9-12)30-19-4-2-3-16(19)29-22(32)23(30)33/h5-11,16,19H,2-4H2,1H3,(H,26,31)(H,27,28)(H,29,32)/t11-,16?,19?/m0/s1. The first kappa shape index (κ1) is 21.7. The normalized spacial score (nSPS) is 21.1. The molecule has 3 atom stereocenters. The van der Waals surface area contributed by atoms with Crippen LogP contribution in [0.15, 0.2) is 36.4 Å². The van der Waals surface area contributed by atoms with Crippen molar-refractivity contribution in [2.45, 2.75) is 44.3 Å². The maximum atomic E-state index is 12.9.